The Hall–Kier alpha value is -1.22. The predicted octanol–water partition coefficient (Wildman–Crippen LogP) is 1.41. The summed E-state index contributed by atoms with van der Waals surface area (Å²) in [5.41, 5.74) is 1.06. The van der Waals surface area contributed by atoms with Crippen molar-refractivity contribution in [2.75, 3.05) is 7.05 Å². The first-order valence-electron chi connectivity index (χ1n) is 6.67. The Morgan fingerprint density at radius 3 is 2.86 bits per heavy atom. The van der Waals surface area contributed by atoms with Gasteiger partial charge in [-0.3, -0.25) is 5.10 Å². The molecule has 2 aromatic heterocycles. The zero-order chi connectivity index (χ0) is 15.5. The van der Waals surface area contributed by atoms with E-state index in [-0.39, 0.29) is 10.9 Å². The standard InChI is InChI=1S/C13H20N4O2S2/c1-9(7-11-5-4-6-20-11)17-21(18,19)13-10(2)15-16-12(13)8-14-3/h4-6,9,14,17H,7-8H2,1-3H3,(H,15,16). The van der Waals surface area contributed by atoms with E-state index in [1.807, 2.05) is 24.4 Å². The number of thiophene rings is 1. The van der Waals surface area contributed by atoms with Crippen LogP contribution in [0, 0.1) is 6.92 Å². The van der Waals surface area contributed by atoms with Crippen LogP contribution in [0.2, 0.25) is 0 Å². The van der Waals surface area contributed by atoms with Crippen molar-refractivity contribution in [2.45, 2.75) is 37.8 Å². The van der Waals surface area contributed by atoms with Crippen molar-refractivity contribution >= 4 is 21.4 Å². The van der Waals surface area contributed by atoms with Gasteiger partial charge >= 0.3 is 0 Å². The average Bonchev–Trinajstić information content (AvgIpc) is 2.99. The van der Waals surface area contributed by atoms with E-state index in [2.05, 4.69) is 20.2 Å². The van der Waals surface area contributed by atoms with Crippen LogP contribution in [0.4, 0.5) is 0 Å². The minimum Gasteiger partial charge on any atom is -0.314 e. The lowest BCUT2D eigenvalue weighted by Crippen LogP contribution is -2.34. The Morgan fingerprint density at radius 2 is 2.24 bits per heavy atom. The minimum absolute atomic E-state index is 0.176. The monoisotopic (exact) mass is 328 g/mol. The van der Waals surface area contributed by atoms with Gasteiger partial charge in [-0.05, 0) is 38.8 Å². The molecule has 0 bridgehead atoms. The molecule has 2 aromatic rings. The van der Waals surface area contributed by atoms with Crippen LogP contribution in [0.1, 0.15) is 23.2 Å². The number of H-pyrrole nitrogens is 1. The van der Waals surface area contributed by atoms with Gasteiger partial charge in [0.2, 0.25) is 10.0 Å². The van der Waals surface area contributed by atoms with E-state index in [1.165, 1.54) is 0 Å². The van der Waals surface area contributed by atoms with Gasteiger partial charge in [-0.15, -0.1) is 11.3 Å². The molecule has 0 amide bonds. The van der Waals surface area contributed by atoms with Gasteiger partial charge in [0.25, 0.3) is 0 Å². The number of rotatable bonds is 7. The molecule has 0 radical (unpaired) electrons. The van der Waals surface area contributed by atoms with Crippen molar-refractivity contribution < 1.29 is 8.42 Å². The molecule has 0 aliphatic rings. The molecule has 0 aliphatic heterocycles. The van der Waals surface area contributed by atoms with Crippen LogP contribution in [0.15, 0.2) is 22.4 Å². The Kier molecular flexibility index (Phi) is 5.15. The number of aromatic nitrogens is 2. The van der Waals surface area contributed by atoms with Crippen LogP contribution < -0.4 is 10.0 Å². The second-order valence-electron chi connectivity index (χ2n) is 4.96. The predicted molar refractivity (Wildman–Crippen MR) is 83.9 cm³/mol. The van der Waals surface area contributed by atoms with Gasteiger partial charge < -0.3 is 5.32 Å². The van der Waals surface area contributed by atoms with Crippen molar-refractivity contribution in [2.24, 2.45) is 0 Å². The van der Waals surface area contributed by atoms with Crippen molar-refractivity contribution in [3.05, 3.63) is 33.8 Å². The van der Waals surface area contributed by atoms with Gasteiger partial charge in [0.05, 0.1) is 11.4 Å². The molecule has 6 nitrogen and oxygen atoms in total. The molecular weight excluding hydrogens is 308 g/mol. The zero-order valence-electron chi connectivity index (χ0n) is 12.3. The van der Waals surface area contributed by atoms with E-state index in [9.17, 15) is 8.42 Å². The van der Waals surface area contributed by atoms with Crippen LogP contribution in [0.3, 0.4) is 0 Å². The molecule has 2 rings (SSSR count). The molecule has 116 valence electrons. The smallest absolute Gasteiger partial charge is 0.244 e. The Balaban J connectivity index is 2.16. The van der Waals surface area contributed by atoms with E-state index in [1.54, 1.807) is 25.3 Å². The summed E-state index contributed by atoms with van der Waals surface area (Å²) in [4.78, 5) is 1.40. The van der Waals surface area contributed by atoms with Crippen LogP contribution in [0.5, 0.6) is 0 Å². The number of sulfonamides is 1. The first-order valence-corrected chi connectivity index (χ1v) is 9.03. The highest BCUT2D eigenvalue weighted by molar-refractivity contribution is 7.89. The molecule has 0 saturated carbocycles. The van der Waals surface area contributed by atoms with Crippen molar-refractivity contribution in [1.29, 1.82) is 0 Å². The summed E-state index contributed by atoms with van der Waals surface area (Å²) in [5, 5.41) is 11.7. The third-order valence-corrected chi connectivity index (χ3v) is 5.71. The highest BCUT2D eigenvalue weighted by Crippen LogP contribution is 2.19. The molecule has 1 atom stereocenters. The molecule has 0 aliphatic carbocycles. The maximum atomic E-state index is 12.6. The number of hydrogen-bond acceptors (Lipinski definition) is 5. The molecular formula is C13H20N4O2S2. The second-order valence-corrected chi connectivity index (χ2v) is 7.64. The summed E-state index contributed by atoms with van der Waals surface area (Å²) >= 11 is 1.63. The lowest BCUT2D eigenvalue weighted by atomic mass is 10.2. The molecule has 21 heavy (non-hydrogen) atoms. The summed E-state index contributed by atoms with van der Waals surface area (Å²) in [5.74, 6) is 0. The first-order chi connectivity index (χ1) is 9.94. The number of aromatic amines is 1. The van der Waals surface area contributed by atoms with E-state index in [0.29, 0.717) is 24.4 Å². The maximum absolute atomic E-state index is 12.6. The maximum Gasteiger partial charge on any atom is 0.244 e. The summed E-state index contributed by atoms with van der Waals surface area (Å²) in [6.45, 7) is 3.98. The highest BCUT2D eigenvalue weighted by atomic mass is 32.2. The fourth-order valence-electron chi connectivity index (χ4n) is 2.21. The van der Waals surface area contributed by atoms with Gasteiger partial charge in [0, 0.05) is 17.5 Å². The molecule has 0 saturated heterocycles. The molecule has 8 heteroatoms. The fourth-order valence-corrected chi connectivity index (χ4v) is 4.65. The third-order valence-electron chi connectivity index (χ3n) is 3.02. The fraction of sp³-hybridized carbons (Fsp3) is 0.462. The summed E-state index contributed by atoms with van der Waals surface area (Å²) in [7, 11) is -1.82. The molecule has 0 aromatic carbocycles. The quantitative estimate of drug-likeness (QED) is 0.717. The lowest BCUT2D eigenvalue weighted by Gasteiger charge is -2.14. The van der Waals surface area contributed by atoms with Crippen LogP contribution in [-0.4, -0.2) is 31.7 Å². The SMILES string of the molecule is CNCc1n[nH]c(C)c1S(=O)(=O)NC(C)Cc1cccs1. The van der Waals surface area contributed by atoms with Gasteiger partial charge in [-0.25, -0.2) is 13.1 Å². The van der Waals surface area contributed by atoms with E-state index in [4.69, 9.17) is 0 Å². The van der Waals surface area contributed by atoms with Crippen molar-refractivity contribution in [1.82, 2.24) is 20.2 Å². The third kappa shape index (κ3) is 3.91. The number of hydrogen-bond donors (Lipinski definition) is 3. The number of aryl methyl sites for hydroxylation is 1. The normalized spacial score (nSPS) is 13.5. The summed E-state index contributed by atoms with van der Waals surface area (Å²) in [6, 6.07) is 3.79. The topological polar surface area (TPSA) is 86.9 Å². The molecule has 0 spiro atoms. The van der Waals surface area contributed by atoms with E-state index in [0.717, 1.165) is 4.88 Å². The number of nitrogens with one attached hydrogen (secondary N) is 3. The number of nitrogens with zero attached hydrogens (tertiary/aromatic N) is 1. The van der Waals surface area contributed by atoms with Gasteiger partial charge in [0.15, 0.2) is 0 Å². The van der Waals surface area contributed by atoms with Crippen LogP contribution >= 0.6 is 11.3 Å². The summed E-state index contributed by atoms with van der Waals surface area (Å²) < 4.78 is 27.8. The van der Waals surface area contributed by atoms with Crippen LogP contribution in [0.25, 0.3) is 0 Å². The van der Waals surface area contributed by atoms with E-state index >= 15 is 0 Å². The van der Waals surface area contributed by atoms with Crippen LogP contribution in [-0.2, 0) is 23.0 Å². The zero-order valence-corrected chi connectivity index (χ0v) is 13.9. The van der Waals surface area contributed by atoms with Gasteiger partial charge in [-0.2, -0.15) is 5.10 Å². The second kappa shape index (κ2) is 6.69. The Labute approximate surface area is 129 Å². The molecule has 3 N–H and O–H groups in total. The first kappa shape index (κ1) is 16.2. The lowest BCUT2D eigenvalue weighted by molar-refractivity contribution is 0.558. The Bertz CT molecular complexity index is 677. The minimum atomic E-state index is -3.58. The molecule has 2 heterocycles. The highest BCUT2D eigenvalue weighted by Gasteiger charge is 2.25. The van der Waals surface area contributed by atoms with E-state index < -0.39 is 10.0 Å². The largest absolute Gasteiger partial charge is 0.314 e. The van der Waals surface area contributed by atoms with Crippen molar-refractivity contribution in [3.63, 3.8) is 0 Å². The molecule has 0 fully saturated rings. The summed E-state index contributed by atoms with van der Waals surface area (Å²) in [6.07, 6.45) is 0.676. The van der Waals surface area contributed by atoms with Gasteiger partial charge in [0.1, 0.15) is 4.90 Å². The Morgan fingerprint density at radius 1 is 1.48 bits per heavy atom. The average molecular weight is 328 g/mol. The molecule has 1 unspecified atom stereocenters. The van der Waals surface area contributed by atoms with Gasteiger partial charge in [-0.1, -0.05) is 6.07 Å². The van der Waals surface area contributed by atoms with Crippen molar-refractivity contribution in [3.8, 4) is 0 Å².